The number of nitrogens with two attached hydrogens (primary N) is 1. The number of amides is 2. The van der Waals surface area contributed by atoms with Gasteiger partial charge in [0.05, 0.1) is 12.6 Å². The van der Waals surface area contributed by atoms with Crippen LogP contribution in [0.2, 0.25) is 0 Å². The minimum absolute atomic E-state index is 0. The number of nitrogens with one attached hydrogen (secondary N) is 2. The smallest absolute Gasteiger partial charge is 0.243 e. The molecule has 0 bridgehead atoms. The predicted molar refractivity (Wildman–Crippen MR) is 82.8 cm³/mol. The molecule has 0 heterocycles. The summed E-state index contributed by atoms with van der Waals surface area (Å²) in [5, 5.41) is 4.99. The van der Waals surface area contributed by atoms with E-state index in [4.69, 9.17) is 5.73 Å². The van der Waals surface area contributed by atoms with E-state index in [1.54, 1.807) is 13.0 Å². The van der Waals surface area contributed by atoms with Crippen LogP contribution in [0.5, 0.6) is 0 Å². The van der Waals surface area contributed by atoms with Gasteiger partial charge in [-0.1, -0.05) is 19.9 Å². The predicted octanol–water partition coefficient (Wildman–Crippen LogP) is 1.59. The van der Waals surface area contributed by atoms with Crippen LogP contribution in [0.3, 0.4) is 0 Å². The average Bonchev–Trinajstić information content (AvgIpc) is 2.40. The number of carbonyl (C=O) groups is 2. The third-order valence-electron chi connectivity index (χ3n) is 2.99. The van der Waals surface area contributed by atoms with Gasteiger partial charge >= 0.3 is 0 Å². The van der Waals surface area contributed by atoms with Crippen molar-refractivity contribution in [2.45, 2.75) is 26.8 Å². The van der Waals surface area contributed by atoms with Gasteiger partial charge in [-0.25, -0.2) is 4.39 Å². The summed E-state index contributed by atoms with van der Waals surface area (Å²) in [5.74, 6) is -1.22. The van der Waals surface area contributed by atoms with Crippen molar-refractivity contribution in [2.24, 2.45) is 11.7 Å². The molecule has 5 nitrogen and oxygen atoms in total. The maximum Gasteiger partial charge on any atom is 0.243 e. The summed E-state index contributed by atoms with van der Waals surface area (Å²) >= 11 is 0. The van der Waals surface area contributed by atoms with Crippen molar-refractivity contribution < 1.29 is 14.0 Å². The standard InChI is InChI=1S/C14H20FN3O2.ClH/c1-8(2)13(16)14(20)17-7-12(19)18-11-6-4-5-10(15)9(11)3;/h4-6,8,13H,7,16H2,1-3H3,(H,17,20)(H,18,19);1H/t13-;/m0./s1. The first kappa shape index (κ1) is 19.3. The van der Waals surface area contributed by atoms with Crippen LogP contribution in [0.15, 0.2) is 18.2 Å². The second-order valence-electron chi connectivity index (χ2n) is 4.95. The van der Waals surface area contributed by atoms with Crippen molar-refractivity contribution >= 4 is 29.9 Å². The lowest BCUT2D eigenvalue weighted by Gasteiger charge is -2.15. The Morgan fingerprint density at radius 2 is 1.95 bits per heavy atom. The van der Waals surface area contributed by atoms with Crippen molar-refractivity contribution in [1.82, 2.24) is 5.32 Å². The number of hydrogen-bond acceptors (Lipinski definition) is 3. The monoisotopic (exact) mass is 317 g/mol. The minimum atomic E-state index is -0.654. The Hall–Kier alpha value is -1.66. The zero-order valence-corrected chi connectivity index (χ0v) is 13.1. The third-order valence-corrected chi connectivity index (χ3v) is 2.99. The van der Waals surface area contributed by atoms with Crippen molar-refractivity contribution in [3.63, 3.8) is 0 Å². The van der Waals surface area contributed by atoms with E-state index in [0.717, 1.165) is 0 Å². The fourth-order valence-corrected chi connectivity index (χ4v) is 1.53. The summed E-state index contributed by atoms with van der Waals surface area (Å²) in [6.45, 7) is 5.01. The lowest BCUT2D eigenvalue weighted by atomic mass is 10.1. The van der Waals surface area contributed by atoms with Gasteiger partial charge in [0, 0.05) is 11.3 Å². The molecule has 1 atom stereocenters. The first-order valence-electron chi connectivity index (χ1n) is 6.41. The Balaban J connectivity index is 0.00000400. The molecule has 0 saturated heterocycles. The molecule has 0 aromatic heterocycles. The molecule has 0 fully saturated rings. The van der Waals surface area contributed by atoms with Gasteiger partial charge in [0.15, 0.2) is 0 Å². The van der Waals surface area contributed by atoms with E-state index in [-0.39, 0.29) is 30.8 Å². The van der Waals surface area contributed by atoms with E-state index in [1.165, 1.54) is 12.1 Å². The highest BCUT2D eigenvalue weighted by Gasteiger charge is 2.17. The zero-order valence-electron chi connectivity index (χ0n) is 12.3. The SMILES string of the molecule is Cc1c(F)cccc1NC(=O)CNC(=O)[C@@H](N)C(C)C.Cl. The van der Waals surface area contributed by atoms with Crippen LogP contribution < -0.4 is 16.4 Å². The Bertz CT molecular complexity index is 509. The molecule has 0 radical (unpaired) electrons. The highest BCUT2D eigenvalue weighted by Crippen LogP contribution is 2.16. The molecule has 0 spiro atoms. The molecule has 2 amide bonds. The van der Waals surface area contributed by atoms with Crippen molar-refractivity contribution in [3.8, 4) is 0 Å². The molecule has 1 rings (SSSR count). The van der Waals surface area contributed by atoms with E-state index in [9.17, 15) is 14.0 Å². The first-order valence-corrected chi connectivity index (χ1v) is 6.41. The summed E-state index contributed by atoms with van der Waals surface area (Å²) < 4.78 is 13.3. The van der Waals surface area contributed by atoms with Crippen molar-refractivity contribution in [3.05, 3.63) is 29.6 Å². The molecule has 1 aromatic rings. The van der Waals surface area contributed by atoms with Gasteiger partial charge in [-0.3, -0.25) is 9.59 Å². The number of benzene rings is 1. The molecule has 0 aliphatic carbocycles. The van der Waals surface area contributed by atoms with Crippen LogP contribution in [0.4, 0.5) is 10.1 Å². The number of hydrogen-bond donors (Lipinski definition) is 3. The van der Waals surface area contributed by atoms with Crippen LogP contribution in [0, 0.1) is 18.7 Å². The van der Waals surface area contributed by atoms with Gasteiger partial charge in [-0.2, -0.15) is 0 Å². The molecule has 7 heteroatoms. The Kier molecular flexibility index (Phi) is 7.91. The summed E-state index contributed by atoms with van der Waals surface area (Å²) in [6, 6.07) is 3.76. The Labute approximate surface area is 129 Å². The molecule has 118 valence electrons. The number of rotatable bonds is 5. The molecule has 1 aromatic carbocycles. The maximum atomic E-state index is 13.3. The van der Waals surface area contributed by atoms with Crippen molar-refractivity contribution in [1.29, 1.82) is 0 Å². The van der Waals surface area contributed by atoms with Gasteiger partial charge in [-0.15, -0.1) is 12.4 Å². The summed E-state index contributed by atoms with van der Waals surface area (Å²) in [7, 11) is 0. The average molecular weight is 318 g/mol. The number of carbonyl (C=O) groups excluding carboxylic acids is 2. The number of anilines is 1. The summed E-state index contributed by atoms with van der Waals surface area (Å²) in [5.41, 5.74) is 6.39. The minimum Gasteiger partial charge on any atom is -0.346 e. The molecule has 0 aliphatic heterocycles. The quantitative estimate of drug-likeness (QED) is 0.771. The first-order chi connectivity index (χ1) is 9.32. The van der Waals surface area contributed by atoms with E-state index in [2.05, 4.69) is 10.6 Å². The summed E-state index contributed by atoms with van der Waals surface area (Å²) in [6.07, 6.45) is 0. The van der Waals surface area contributed by atoms with Gasteiger partial charge in [0.2, 0.25) is 11.8 Å². The van der Waals surface area contributed by atoms with Crippen LogP contribution in [0.25, 0.3) is 0 Å². The van der Waals surface area contributed by atoms with Crippen LogP contribution >= 0.6 is 12.4 Å². The van der Waals surface area contributed by atoms with Crippen molar-refractivity contribution in [2.75, 3.05) is 11.9 Å². The Morgan fingerprint density at radius 1 is 1.33 bits per heavy atom. The molecule has 0 saturated carbocycles. The fraction of sp³-hybridized carbons (Fsp3) is 0.429. The lowest BCUT2D eigenvalue weighted by molar-refractivity contribution is -0.125. The third kappa shape index (κ3) is 5.69. The normalized spacial score (nSPS) is 11.5. The van der Waals surface area contributed by atoms with Gasteiger partial charge in [-0.05, 0) is 25.0 Å². The van der Waals surface area contributed by atoms with Gasteiger partial charge in [0.25, 0.3) is 0 Å². The molecule has 0 aliphatic rings. The molecule has 4 N–H and O–H groups in total. The molecular formula is C14H21ClFN3O2. The van der Waals surface area contributed by atoms with E-state index >= 15 is 0 Å². The van der Waals surface area contributed by atoms with E-state index < -0.39 is 17.8 Å². The fourth-order valence-electron chi connectivity index (χ4n) is 1.53. The van der Waals surface area contributed by atoms with E-state index in [1.807, 2.05) is 13.8 Å². The molecule has 21 heavy (non-hydrogen) atoms. The molecule has 0 unspecified atom stereocenters. The topological polar surface area (TPSA) is 84.2 Å². The maximum absolute atomic E-state index is 13.3. The van der Waals surface area contributed by atoms with Crippen LogP contribution in [-0.4, -0.2) is 24.4 Å². The lowest BCUT2D eigenvalue weighted by Crippen LogP contribution is -2.46. The highest BCUT2D eigenvalue weighted by molar-refractivity contribution is 5.95. The largest absolute Gasteiger partial charge is 0.346 e. The second-order valence-corrected chi connectivity index (χ2v) is 4.95. The van der Waals surface area contributed by atoms with Gasteiger partial charge in [0.1, 0.15) is 5.82 Å². The number of halogens is 2. The molecular weight excluding hydrogens is 297 g/mol. The van der Waals surface area contributed by atoms with Crippen LogP contribution in [0.1, 0.15) is 19.4 Å². The second kappa shape index (κ2) is 8.59. The van der Waals surface area contributed by atoms with Crippen LogP contribution in [-0.2, 0) is 9.59 Å². The summed E-state index contributed by atoms with van der Waals surface area (Å²) in [4.78, 5) is 23.3. The van der Waals surface area contributed by atoms with Gasteiger partial charge < -0.3 is 16.4 Å². The van der Waals surface area contributed by atoms with E-state index in [0.29, 0.717) is 11.3 Å². The Morgan fingerprint density at radius 3 is 2.52 bits per heavy atom. The highest BCUT2D eigenvalue weighted by atomic mass is 35.5. The zero-order chi connectivity index (χ0) is 15.3.